The van der Waals surface area contributed by atoms with Crippen molar-refractivity contribution >= 4 is 29.0 Å². The van der Waals surface area contributed by atoms with Crippen molar-refractivity contribution in [3.05, 3.63) is 74.8 Å². The van der Waals surface area contributed by atoms with Gasteiger partial charge in [0.15, 0.2) is 5.78 Å². The summed E-state index contributed by atoms with van der Waals surface area (Å²) in [6.07, 6.45) is -0.0285. The lowest BCUT2D eigenvalue weighted by molar-refractivity contribution is -0.384. The first-order chi connectivity index (χ1) is 12.9. The highest BCUT2D eigenvalue weighted by Crippen LogP contribution is 2.52. The fourth-order valence-corrected chi connectivity index (χ4v) is 3.80. The van der Waals surface area contributed by atoms with E-state index in [2.05, 4.69) is 0 Å². The molecule has 1 heterocycles. The van der Waals surface area contributed by atoms with Crippen LogP contribution in [0.1, 0.15) is 22.3 Å². The lowest BCUT2D eigenvalue weighted by Gasteiger charge is -2.48. The summed E-state index contributed by atoms with van der Waals surface area (Å²) in [6.45, 7) is 0.397. The Kier molecular flexibility index (Phi) is 4.20. The van der Waals surface area contributed by atoms with Crippen molar-refractivity contribution in [3.8, 4) is 0 Å². The van der Waals surface area contributed by atoms with Crippen LogP contribution in [0.2, 0.25) is 5.02 Å². The predicted molar refractivity (Wildman–Crippen MR) is 94.5 cm³/mol. The van der Waals surface area contributed by atoms with Gasteiger partial charge in [-0.15, -0.1) is 0 Å². The number of rotatable bonds is 4. The molecule has 0 unspecified atom stereocenters. The molecule has 0 N–H and O–H groups in total. The number of carbonyl (C=O) groups excluding carboxylic acids is 2. The fraction of sp³-hybridized carbons (Fsp3) is 0.263. The van der Waals surface area contributed by atoms with Crippen LogP contribution in [0.4, 0.5) is 5.69 Å². The van der Waals surface area contributed by atoms with Crippen LogP contribution in [0.25, 0.3) is 0 Å². The quantitative estimate of drug-likeness (QED) is 0.453. The van der Waals surface area contributed by atoms with E-state index in [4.69, 9.17) is 21.1 Å². The summed E-state index contributed by atoms with van der Waals surface area (Å²) in [5, 5.41) is 11.4. The molecule has 138 valence electrons. The Balaban J connectivity index is 1.71. The summed E-state index contributed by atoms with van der Waals surface area (Å²) in [6, 6.07) is 11.5. The molecule has 0 radical (unpaired) electrons. The van der Waals surface area contributed by atoms with Crippen molar-refractivity contribution in [2.75, 3.05) is 6.61 Å². The van der Waals surface area contributed by atoms with Gasteiger partial charge in [-0.25, -0.2) is 4.79 Å². The summed E-state index contributed by atoms with van der Waals surface area (Å²) >= 11 is 5.84. The van der Waals surface area contributed by atoms with Crippen molar-refractivity contribution in [1.82, 2.24) is 0 Å². The molecule has 0 bridgehead atoms. The number of hydrogen-bond acceptors (Lipinski definition) is 6. The van der Waals surface area contributed by atoms with Crippen molar-refractivity contribution < 1.29 is 24.0 Å². The number of carbonyl (C=O) groups is 2. The van der Waals surface area contributed by atoms with Gasteiger partial charge < -0.3 is 9.47 Å². The molecule has 3 atom stereocenters. The van der Waals surface area contributed by atoms with Crippen LogP contribution >= 0.6 is 11.6 Å². The molecule has 1 aliphatic carbocycles. The van der Waals surface area contributed by atoms with Crippen LogP contribution in [0.15, 0.2) is 48.5 Å². The van der Waals surface area contributed by atoms with E-state index in [9.17, 15) is 19.7 Å². The molecular formula is C19H14ClNO6. The van der Waals surface area contributed by atoms with Gasteiger partial charge in [0.1, 0.15) is 6.10 Å². The van der Waals surface area contributed by atoms with Gasteiger partial charge in [-0.2, -0.15) is 0 Å². The maximum Gasteiger partial charge on any atom is 0.339 e. The van der Waals surface area contributed by atoms with Gasteiger partial charge in [-0.3, -0.25) is 14.9 Å². The molecular weight excluding hydrogens is 374 g/mol. The zero-order valence-electron chi connectivity index (χ0n) is 14.0. The molecule has 1 saturated carbocycles. The second kappa shape index (κ2) is 6.44. The maximum atomic E-state index is 12.9. The Morgan fingerprint density at radius 2 is 1.85 bits per heavy atom. The Bertz CT molecular complexity index is 926. The third kappa shape index (κ3) is 2.70. The zero-order chi connectivity index (χ0) is 19.2. The van der Waals surface area contributed by atoms with Crippen LogP contribution in [0.5, 0.6) is 0 Å². The Morgan fingerprint density at radius 1 is 1.19 bits per heavy atom. The second-order valence-corrected chi connectivity index (χ2v) is 6.92. The normalized spacial score (nSPS) is 26.2. The first-order valence-corrected chi connectivity index (χ1v) is 8.71. The average molecular weight is 388 g/mol. The number of halogens is 1. The molecule has 7 nitrogen and oxygen atoms in total. The largest absolute Gasteiger partial charge is 0.440 e. The van der Waals surface area contributed by atoms with Gasteiger partial charge in [0.25, 0.3) is 5.69 Å². The van der Waals surface area contributed by atoms with E-state index < -0.39 is 22.6 Å². The SMILES string of the molecule is O=C(O[C@]1(c2ccc([N+](=O)[O-])cc2)C(=O)[C@H]2CCO[C@H]21)c1ccc(Cl)cc1. The van der Waals surface area contributed by atoms with Crippen LogP contribution in [-0.4, -0.2) is 29.4 Å². The Morgan fingerprint density at radius 3 is 2.48 bits per heavy atom. The molecule has 27 heavy (non-hydrogen) atoms. The van der Waals surface area contributed by atoms with Gasteiger partial charge in [0.2, 0.25) is 5.60 Å². The topological polar surface area (TPSA) is 95.7 Å². The first-order valence-electron chi connectivity index (χ1n) is 8.33. The van der Waals surface area contributed by atoms with Crippen LogP contribution in [0, 0.1) is 16.0 Å². The minimum atomic E-state index is -1.59. The number of hydrogen-bond donors (Lipinski definition) is 0. The molecule has 4 rings (SSSR count). The van der Waals surface area contributed by atoms with E-state index >= 15 is 0 Å². The highest BCUT2D eigenvalue weighted by molar-refractivity contribution is 6.30. The lowest BCUT2D eigenvalue weighted by Crippen LogP contribution is -2.65. The van der Waals surface area contributed by atoms with Crippen molar-refractivity contribution in [2.24, 2.45) is 5.92 Å². The summed E-state index contributed by atoms with van der Waals surface area (Å²) < 4.78 is 11.4. The standard InChI is InChI=1S/C19H14ClNO6/c20-13-5-1-11(2-6-13)18(23)27-19(16(22)15-9-10-26-17(15)19)12-3-7-14(8-4-12)21(24)25/h1-8,15,17H,9-10H2/t15-,17-,19-/m1/s1. The number of nitrogens with zero attached hydrogens (tertiary/aromatic N) is 1. The summed E-state index contributed by atoms with van der Waals surface area (Å²) in [5.41, 5.74) is -1.10. The summed E-state index contributed by atoms with van der Waals surface area (Å²) in [5.74, 6) is -1.27. The number of ketones is 1. The van der Waals surface area contributed by atoms with Gasteiger partial charge in [-0.05, 0) is 42.8 Å². The van der Waals surface area contributed by atoms with Crippen molar-refractivity contribution in [1.29, 1.82) is 0 Å². The number of esters is 1. The monoisotopic (exact) mass is 387 g/mol. The van der Waals surface area contributed by atoms with Crippen LogP contribution in [-0.2, 0) is 19.9 Å². The molecule has 2 aliphatic rings. The van der Waals surface area contributed by atoms with E-state index in [1.54, 1.807) is 12.1 Å². The highest BCUT2D eigenvalue weighted by atomic mass is 35.5. The summed E-state index contributed by atoms with van der Waals surface area (Å²) in [4.78, 5) is 35.9. The predicted octanol–water partition coefficient (Wildman–Crippen LogP) is 3.29. The molecule has 0 amide bonds. The van der Waals surface area contributed by atoms with E-state index in [0.29, 0.717) is 23.6 Å². The number of fused-ring (bicyclic) bond motifs is 1. The lowest BCUT2D eigenvalue weighted by atomic mass is 9.63. The van der Waals surface area contributed by atoms with E-state index in [0.717, 1.165) is 0 Å². The molecule has 2 aromatic rings. The number of ether oxygens (including phenoxy) is 2. The molecule has 1 saturated heterocycles. The van der Waals surface area contributed by atoms with Gasteiger partial charge in [0, 0.05) is 29.3 Å². The number of nitro benzene ring substituents is 1. The van der Waals surface area contributed by atoms with Gasteiger partial charge >= 0.3 is 5.97 Å². The van der Waals surface area contributed by atoms with Crippen molar-refractivity contribution in [3.63, 3.8) is 0 Å². The average Bonchev–Trinajstić information content (AvgIpc) is 3.12. The maximum absolute atomic E-state index is 12.9. The van der Waals surface area contributed by atoms with Crippen LogP contribution < -0.4 is 0 Å². The summed E-state index contributed by atoms with van der Waals surface area (Å²) in [7, 11) is 0. The number of non-ortho nitro benzene ring substituents is 1. The minimum absolute atomic E-state index is 0.117. The number of benzene rings is 2. The molecule has 8 heteroatoms. The fourth-order valence-electron chi connectivity index (χ4n) is 3.67. The van der Waals surface area contributed by atoms with Crippen LogP contribution in [0.3, 0.4) is 0 Å². The highest BCUT2D eigenvalue weighted by Gasteiger charge is 2.68. The van der Waals surface area contributed by atoms with E-state index in [1.807, 2.05) is 0 Å². The second-order valence-electron chi connectivity index (χ2n) is 6.49. The van der Waals surface area contributed by atoms with Crippen molar-refractivity contribution in [2.45, 2.75) is 18.1 Å². The Hall–Kier alpha value is -2.77. The van der Waals surface area contributed by atoms with Gasteiger partial charge in [0.05, 0.1) is 16.4 Å². The number of Topliss-reactive ketones (excluding diaryl/α,β-unsaturated/α-hetero) is 1. The molecule has 2 fully saturated rings. The molecule has 0 spiro atoms. The van der Waals surface area contributed by atoms with Gasteiger partial charge in [-0.1, -0.05) is 11.6 Å². The minimum Gasteiger partial charge on any atom is -0.440 e. The smallest absolute Gasteiger partial charge is 0.339 e. The third-order valence-electron chi connectivity index (χ3n) is 5.04. The molecule has 2 aromatic carbocycles. The van der Waals surface area contributed by atoms with E-state index in [-0.39, 0.29) is 23.0 Å². The zero-order valence-corrected chi connectivity index (χ0v) is 14.7. The number of nitro groups is 1. The third-order valence-corrected chi connectivity index (χ3v) is 5.29. The molecule has 1 aliphatic heterocycles. The molecule has 0 aromatic heterocycles. The van der Waals surface area contributed by atoms with E-state index in [1.165, 1.54) is 36.4 Å². The Labute approximate surface area is 159 Å². The first kappa shape index (κ1) is 17.6.